The number of aliphatic hydroxyl groups excluding tert-OH is 2. The van der Waals surface area contributed by atoms with Crippen LogP contribution in [0, 0.1) is 0 Å². The maximum atomic E-state index is 11.0. The van der Waals surface area contributed by atoms with Crippen LogP contribution >= 0.6 is 0 Å². The zero-order valence-corrected chi connectivity index (χ0v) is 19.4. The van der Waals surface area contributed by atoms with Gasteiger partial charge in [-0.15, -0.1) is 0 Å². The number of rotatable bonds is 4. The number of β-amino-alcohol motifs (C(OH)–C–C–N with tert-alkyl or cyclic N) is 1. The van der Waals surface area contributed by atoms with E-state index in [9.17, 15) is 10.2 Å². The summed E-state index contributed by atoms with van der Waals surface area (Å²) in [6, 6.07) is 14.2. The molecule has 2 atom stereocenters. The molecule has 3 aromatic rings. The summed E-state index contributed by atoms with van der Waals surface area (Å²) in [6.07, 6.45) is -1.01. The average molecular weight is 436 g/mol. The van der Waals surface area contributed by atoms with E-state index in [0.29, 0.717) is 6.54 Å². The third-order valence-corrected chi connectivity index (χ3v) is 7.65. The van der Waals surface area contributed by atoms with E-state index in [-0.39, 0.29) is 10.8 Å². The van der Waals surface area contributed by atoms with Crippen molar-refractivity contribution in [1.82, 2.24) is 10.1 Å². The summed E-state index contributed by atoms with van der Waals surface area (Å²) in [4.78, 5) is 4.57. The van der Waals surface area contributed by atoms with Crippen LogP contribution in [0.2, 0.25) is 0 Å². The van der Waals surface area contributed by atoms with Gasteiger partial charge in [-0.05, 0) is 28.8 Å². The molecule has 2 aliphatic rings. The fourth-order valence-corrected chi connectivity index (χ4v) is 5.65. The zero-order valence-electron chi connectivity index (χ0n) is 19.4. The van der Waals surface area contributed by atoms with Gasteiger partial charge in [-0.25, -0.2) is 0 Å². The van der Waals surface area contributed by atoms with E-state index in [1.165, 1.54) is 5.56 Å². The Bertz CT molecular complexity index is 1130. The van der Waals surface area contributed by atoms with E-state index in [2.05, 4.69) is 54.8 Å². The van der Waals surface area contributed by atoms with Crippen molar-refractivity contribution < 1.29 is 14.7 Å². The molecule has 1 aromatic heterocycles. The van der Waals surface area contributed by atoms with Crippen molar-refractivity contribution in [2.24, 2.45) is 0 Å². The van der Waals surface area contributed by atoms with Crippen molar-refractivity contribution in [2.75, 3.05) is 37.6 Å². The summed E-state index contributed by atoms with van der Waals surface area (Å²) in [5, 5.41) is 27.2. The fourth-order valence-electron chi connectivity index (χ4n) is 5.65. The highest BCUT2D eigenvalue weighted by Gasteiger charge is 2.50. The molecule has 32 heavy (non-hydrogen) atoms. The maximum Gasteiger partial charge on any atom is 0.180 e. The molecule has 2 N–H and O–H groups in total. The van der Waals surface area contributed by atoms with Gasteiger partial charge in [-0.3, -0.25) is 4.90 Å². The minimum atomic E-state index is -0.559. The Morgan fingerprint density at radius 2 is 1.69 bits per heavy atom. The first kappa shape index (κ1) is 21.4. The largest absolute Gasteiger partial charge is 0.391 e. The van der Waals surface area contributed by atoms with Crippen LogP contribution in [0.25, 0.3) is 11.0 Å². The molecule has 1 saturated heterocycles. The van der Waals surface area contributed by atoms with Gasteiger partial charge in [0.15, 0.2) is 11.4 Å². The number of para-hydroxylation sites is 1. The normalized spacial score (nSPS) is 23.4. The van der Waals surface area contributed by atoms with Gasteiger partial charge >= 0.3 is 0 Å². The minimum Gasteiger partial charge on any atom is -0.391 e. The van der Waals surface area contributed by atoms with Crippen molar-refractivity contribution in [3.05, 3.63) is 59.2 Å². The predicted octanol–water partition coefficient (Wildman–Crippen LogP) is 3.61. The van der Waals surface area contributed by atoms with Crippen LogP contribution in [0.1, 0.15) is 50.5 Å². The van der Waals surface area contributed by atoms with Crippen molar-refractivity contribution >= 4 is 16.8 Å². The maximum absolute atomic E-state index is 11.0. The summed E-state index contributed by atoms with van der Waals surface area (Å²) in [5.41, 5.74) is 3.44. The topological polar surface area (TPSA) is 73.0 Å². The summed E-state index contributed by atoms with van der Waals surface area (Å²) in [6.45, 7) is 12.4. The molecule has 2 aromatic carbocycles. The van der Waals surface area contributed by atoms with Crippen LogP contribution in [0.4, 0.5) is 5.82 Å². The lowest BCUT2D eigenvalue weighted by Crippen LogP contribution is -2.47. The third kappa shape index (κ3) is 3.33. The zero-order chi connectivity index (χ0) is 22.7. The number of hydrogen-bond acceptors (Lipinski definition) is 6. The molecule has 0 saturated carbocycles. The Morgan fingerprint density at radius 3 is 2.44 bits per heavy atom. The molecule has 0 radical (unpaired) electrons. The molecule has 2 heterocycles. The number of benzene rings is 2. The average Bonchev–Trinajstić information content (AvgIpc) is 3.27. The molecular formula is C26H33N3O3. The standard InChI is InChI=1S/C26H33N3O3/c1-25(2)19-10-9-17(15-20(19)26(3,4)24(25)31)21(30)16-28-11-13-29(14-12-28)23-18-7-5-6-8-22(18)32-27-23/h5-10,15,21,24,30-31H,11-14,16H2,1-4H3. The van der Waals surface area contributed by atoms with Gasteiger partial charge in [0.25, 0.3) is 0 Å². The second kappa shape index (κ2) is 7.58. The first-order valence-electron chi connectivity index (χ1n) is 11.5. The Labute approximate surface area is 189 Å². The number of nitrogens with zero attached hydrogens (tertiary/aromatic N) is 3. The summed E-state index contributed by atoms with van der Waals surface area (Å²) >= 11 is 0. The van der Waals surface area contributed by atoms with Crippen molar-refractivity contribution in [1.29, 1.82) is 0 Å². The molecule has 6 nitrogen and oxygen atoms in total. The number of aliphatic hydroxyl groups is 2. The predicted molar refractivity (Wildman–Crippen MR) is 126 cm³/mol. The molecule has 0 bridgehead atoms. The van der Waals surface area contributed by atoms with Crippen molar-refractivity contribution in [3.8, 4) is 0 Å². The van der Waals surface area contributed by atoms with Gasteiger partial charge in [-0.1, -0.05) is 63.2 Å². The number of hydrogen-bond donors (Lipinski definition) is 2. The molecule has 170 valence electrons. The molecule has 1 aliphatic heterocycles. The number of fused-ring (bicyclic) bond motifs is 2. The fraction of sp³-hybridized carbons (Fsp3) is 0.500. The monoisotopic (exact) mass is 435 g/mol. The van der Waals surface area contributed by atoms with E-state index in [0.717, 1.165) is 54.1 Å². The van der Waals surface area contributed by atoms with Crippen LogP contribution in [0.15, 0.2) is 47.0 Å². The molecule has 5 rings (SSSR count). The van der Waals surface area contributed by atoms with Gasteiger partial charge in [0, 0.05) is 43.6 Å². The van der Waals surface area contributed by atoms with Crippen LogP contribution in [-0.2, 0) is 10.8 Å². The van der Waals surface area contributed by atoms with Crippen molar-refractivity contribution in [2.45, 2.75) is 50.7 Å². The van der Waals surface area contributed by atoms with E-state index < -0.39 is 12.2 Å². The van der Waals surface area contributed by atoms with Crippen LogP contribution in [0.5, 0.6) is 0 Å². The van der Waals surface area contributed by atoms with Crippen LogP contribution < -0.4 is 4.90 Å². The lowest BCUT2D eigenvalue weighted by atomic mass is 9.78. The molecule has 1 aliphatic carbocycles. The molecular weight excluding hydrogens is 402 g/mol. The van der Waals surface area contributed by atoms with E-state index in [1.807, 2.05) is 30.3 Å². The molecule has 0 amide bonds. The smallest absolute Gasteiger partial charge is 0.180 e. The van der Waals surface area contributed by atoms with Crippen molar-refractivity contribution in [3.63, 3.8) is 0 Å². The summed E-state index contributed by atoms with van der Waals surface area (Å²) in [7, 11) is 0. The molecule has 1 fully saturated rings. The quantitative estimate of drug-likeness (QED) is 0.652. The SMILES string of the molecule is CC1(C)c2ccc(C(O)CN3CCN(c4noc5ccccc45)CC3)cc2C(C)(C)C1O. The van der Waals surface area contributed by atoms with Crippen LogP contribution in [-0.4, -0.2) is 59.1 Å². The second-order valence-corrected chi connectivity index (χ2v) is 10.5. The van der Waals surface area contributed by atoms with E-state index in [4.69, 9.17) is 4.52 Å². The number of anilines is 1. The summed E-state index contributed by atoms with van der Waals surface area (Å²) < 4.78 is 5.46. The molecule has 2 unspecified atom stereocenters. The van der Waals surface area contributed by atoms with E-state index >= 15 is 0 Å². The summed E-state index contributed by atoms with van der Waals surface area (Å²) in [5.74, 6) is 0.905. The Kier molecular flexibility index (Phi) is 5.08. The van der Waals surface area contributed by atoms with Gasteiger partial charge in [0.1, 0.15) is 0 Å². The second-order valence-electron chi connectivity index (χ2n) is 10.5. The highest BCUT2D eigenvalue weighted by Crippen LogP contribution is 2.50. The number of piperazine rings is 1. The highest BCUT2D eigenvalue weighted by molar-refractivity contribution is 5.88. The molecule has 6 heteroatoms. The van der Waals surface area contributed by atoms with E-state index in [1.54, 1.807) is 0 Å². The van der Waals surface area contributed by atoms with Gasteiger partial charge in [0.05, 0.1) is 17.6 Å². The first-order chi connectivity index (χ1) is 15.2. The Morgan fingerprint density at radius 1 is 1.00 bits per heavy atom. The first-order valence-corrected chi connectivity index (χ1v) is 11.5. The van der Waals surface area contributed by atoms with Gasteiger partial charge in [0.2, 0.25) is 0 Å². The lowest BCUT2D eigenvalue weighted by molar-refractivity contribution is 0.0566. The van der Waals surface area contributed by atoms with Crippen LogP contribution in [0.3, 0.4) is 0 Å². The molecule has 0 spiro atoms. The van der Waals surface area contributed by atoms with Gasteiger partial charge < -0.3 is 19.6 Å². The third-order valence-electron chi connectivity index (χ3n) is 7.65. The lowest BCUT2D eigenvalue weighted by Gasteiger charge is -2.35. The van der Waals surface area contributed by atoms with Gasteiger partial charge in [-0.2, -0.15) is 0 Å². The minimum absolute atomic E-state index is 0.288. The number of aromatic nitrogens is 1. The highest BCUT2D eigenvalue weighted by atomic mass is 16.5. The Hall–Kier alpha value is -2.41. The Balaban J connectivity index is 1.26.